The predicted molar refractivity (Wildman–Crippen MR) is 72.6 cm³/mol. The molecular weight excluding hydrogens is 216 g/mol. The molecule has 1 saturated heterocycles. The van der Waals surface area contributed by atoms with Crippen molar-refractivity contribution in [2.45, 2.75) is 57.9 Å². The highest BCUT2D eigenvalue weighted by molar-refractivity contribution is 7.80. The maximum Gasteiger partial charge on any atom is 0.169 e. The van der Waals surface area contributed by atoms with Crippen LogP contribution in [0.15, 0.2) is 0 Å². The molecule has 0 aromatic heterocycles. The van der Waals surface area contributed by atoms with Crippen LogP contribution in [0, 0.1) is 5.92 Å². The van der Waals surface area contributed by atoms with Gasteiger partial charge in [0.1, 0.15) is 0 Å². The van der Waals surface area contributed by atoms with Gasteiger partial charge in [-0.15, -0.1) is 0 Å². The van der Waals surface area contributed by atoms with E-state index in [1.807, 2.05) is 0 Å². The molecule has 1 heterocycles. The molecule has 1 N–H and O–H groups in total. The monoisotopic (exact) mass is 240 g/mol. The minimum absolute atomic E-state index is 0.665. The van der Waals surface area contributed by atoms with Gasteiger partial charge in [0.05, 0.1) is 0 Å². The smallest absolute Gasteiger partial charge is 0.169 e. The van der Waals surface area contributed by atoms with Crippen molar-refractivity contribution < 1.29 is 0 Å². The molecule has 1 aliphatic carbocycles. The van der Waals surface area contributed by atoms with Crippen LogP contribution in [0.5, 0.6) is 0 Å². The van der Waals surface area contributed by atoms with E-state index in [1.165, 1.54) is 58.0 Å². The fraction of sp³-hybridized carbons (Fsp3) is 0.923. The standard InChI is InChI=1S/C13H24N2S/c1-2-5-11-8-9-15(10-11)13(16)14-12-6-3-4-7-12/h11-12H,2-10H2,1H3,(H,14,16). The minimum atomic E-state index is 0.665. The van der Waals surface area contributed by atoms with Crippen LogP contribution in [0.25, 0.3) is 0 Å². The van der Waals surface area contributed by atoms with E-state index in [9.17, 15) is 0 Å². The average Bonchev–Trinajstić information content (AvgIpc) is 2.89. The predicted octanol–water partition coefficient (Wildman–Crippen LogP) is 2.93. The highest BCUT2D eigenvalue weighted by Crippen LogP contribution is 2.22. The van der Waals surface area contributed by atoms with Crippen LogP contribution in [0.1, 0.15) is 51.9 Å². The zero-order valence-corrected chi connectivity index (χ0v) is 11.2. The molecule has 2 rings (SSSR count). The van der Waals surface area contributed by atoms with Crippen LogP contribution in [0.2, 0.25) is 0 Å². The Kier molecular flexibility index (Phi) is 4.45. The maximum absolute atomic E-state index is 5.50. The van der Waals surface area contributed by atoms with Crippen molar-refractivity contribution in [3.05, 3.63) is 0 Å². The molecule has 1 unspecified atom stereocenters. The second kappa shape index (κ2) is 5.85. The van der Waals surface area contributed by atoms with Gasteiger partial charge < -0.3 is 10.2 Å². The summed E-state index contributed by atoms with van der Waals surface area (Å²) in [5.74, 6) is 0.883. The van der Waals surface area contributed by atoms with Crippen LogP contribution in [-0.2, 0) is 0 Å². The zero-order chi connectivity index (χ0) is 11.4. The quantitative estimate of drug-likeness (QED) is 0.764. The van der Waals surface area contributed by atoms with Crippen molar-refractivity contribution in [2.24, 2.45) is 5.92 Å². The average molecular weight is 240 g/mol. The Morgan fingerprint density at radius 1 is 1.31 bits per heavy atom. The van der Waals surface area contributed by atoms with Crippen molar-refractivity contribution >= 4 is 17.3 Å². The van der Waals surface area contributed by atoms with Crippen LogP contribution >= 0.6 is 12.2 Å². The minimum Gasteiger partial charge on any atom is -0.360 e. The van der Waals surface area contributed by atoms with Crippen molar-refractivity contribution in [2.75, 3.05) is 13.1 Å². The van der Waals surface area contributed by atoms with Gasteiger partial charge >= 0.3 is 0 Å². The lowest BCUT2D eigenvalue weighted by atomic mass is 10.0. The van der Waals surface area contributed by atoms with Gasteiger partial charge in [-0.1, -0.05) is 26.2 Å². The molecule has 16 heavy (non-hydrogen) atoms. The molecule has 2 nitrogen and oxygen atoms in total. The number of hydrogen-bond acceptors (Lipinski definition) is 1. The number of likely N-dealkylation sites (tertiary alicyclic amines) is 1. The number of rotatable bonds is 3. The van der Waals surface area contributed by atoms with Crippen LogP contribution in [0.3, 0.4) is 0 Å². The summed E-state index contributed by atoms with van der Waals surface area (Å²) in [7, 11) is 0. The molecule has 0 aromatic carbocycles. The summed E-state index contributed by atoms with van der Waals surface area (Å²) in [6.45, 7) is 4.63. The number of nitrogens with zero attached hydrogens (tertiary/aromatic N) is 1. The van der Waals surface area contributed by atoms with E-state index in [0.717, 1.165) is 11.0 Å². The number of thiocarbonyl (C=S) groups is 1. The highest BCUT2D eigenvalue weighted by atomic mass is 32.1. The molecule has 0 amide bonds. The number of hydrogen-bond donors (Lipinski definition) is 1. The first kappa shape index (κ1) is 12.2. The molecule has 1 atom stereocenters. The summed E-state index contributed by atoms with van der Waals surface area (Å²) in [6, 6.07) is 0.665. The van der Waals surface area contributed by atoms with E-state index in [2.05, 4.69) is 17.1 Å². The Balaban J connectivity index is 1.73. The fourth-order valence-electron chi connectivity index (χ4n) is 3.00. The second-order valence-corrected chi connectivity index (χ2v) is 5.71. The first-order valence-corrected chi connectivity index (χ1v) is 7.26. The Morgan fingerprint density at radius 3 is 2.75 bits per heavy atom. The lowest BCUT2D eigenvalue weighted by Gasteiger charge is -2.23. The molecule has 0 spiro atoms. The number of nitrogens with one attached hydrogen (secondary N) is 1. The Morgan fingerprint density at radius 2 is 2.06 bits per heavy atom. The highest BCUT2D eigenvalue weighted by Gasteiger charge is 2.25. The van der Waals surface area contributed by atoms with E-state index in [-0.39, 0.29) is 0 Å². The van der Waals surface area contributed by atoms with Crippen molar-refractivity contribution in [1.29, 1.82) is 0 Å². The fourth-order valence-corrected chi connectivity index (χ4v) is 3.33. The largest absolute Gasteiger partial charge is 0.360 e. The lowest BCUT2D eigenvalue weighted by Crippen LogP contribution is -2.42. The molecule has 1 aliphatic heterocycles. The normalized spacial score (nSPS) is 26.3. The Labute approximate surface area is 105 Å². The van der Waals surface area contributed by atoms with Crippen molar-refractivity contribution in [3.8, 4) is 0 Å². The third kappa shape index (κ3) is 3.09. The molecule has 2 fully saturated rings. The summed E-state index contributed by atoms with van der Waals surface area (Å²) >= 11 is 5.50. The van der Waals surface area contributed by atoms with Gasteiger partial charge in [0.15, 0.2) is 5.11 Å². The van der Waals surface area contributed by atoms with Gasteiger partial charge in [-0.2, -0.15) is 0 Å². The summed E-state index contributed by atoms with van der Waals surface area (Å²) in [5.41, 5.74) is 0. The van der Waals surface area contributed by atoms with E-state index < -0.39 is 0 Å². The Hall–Kier alpha value is -0.310. The van der Waals surface area contributed by atoms with Crippen LogP contribution in [0.4, 0.5) is 0 Å². The van der Waals surface area contributed by atoms with Gasteiger partial charge in [-0.25, -0.2) is 0 Å². The molecule has 3 heteroatoms. The van der Waals surface area contributed by atoms with Gasteiger partial charge in [0.2, 0.25) is 0 Å². The Bertz CT molecular complexity index is 236. The summed E-state index contributed by atoms with van der Waals surface area (Å²) in [5, 5.41) is 4.56. The van der Waals surface area contributed by atoms with Gasteiger partial charge in [0, 0.05) is 19.1 Å². The van der Waals surface area contributed by atoms with E-state index >= 15 is 0 Å². The van der Waals surface area contributed by atoms with E-state index in [1.54, 1.807) is 0 Å². The molecule has 0 bridgehead atoms. The molecular formula is C13H24N2S. The van der Waals surface area contributed by atoms with Crippen molar-refractivity contribution in [1.82, 2.24) is 10.2 Å². The molecule has 0 radical (unpaired) electrons. The summed E-state index contributed by atoms with van der Waals surface area (Å²) < 4.78 is 0. The molecule has 0 aromatic rings. The second-order valence-electron chi connectivity index (χ2n) is 5.32. The maximum atomic E-state index is 5.50. The third-order valence-corrected chi connectivity index (χ3v) is 4.33. The third-order valence-electron chi connectivity index (χ3n) is 3.95. The summed E-state index contributed by atoms with van der Waals surface area (Å²) in [6.07, 6.45) is 9.38. The van der Waals surface area contributed by atoms with E-state index in [4.69, 9.17) is 12.2 Å². The van der Waals surface area contributed by atoms with Gasteiger partial charge in [-0.05, 0) is 43.8 Å². The molecule has 92 valence electrons. The first-order chi connectivity index (χ1) is 7.79. The van der Waals surface area contributed by atoms with Gasteiger partial charge in [0.25, 0.3) is 0 Å². The van der Waals surface area contributed by atoms with Gasteiger partial charge in [-0.3, -0.25) is 0 Å². The topological polar surface area (TPSA) is 15.3 Å². The van der Waals surface area contributed by atoms with E-state index in [0.29, 0.717) is 6.04 Å². The van der Waals surface area contributed by atoms with Crippen molar-refractivity contribution in [3.63, 3.8) is 0 Å². The summed E-state index contributed by atoms with van der Waals surface area (Å²) in [4.78, 5) is 2.38. The molecule has 1 saturated carbocycles. The first-order valence-electron chi connectivity index (χ1n) is 6.85. The van der Waals surface area contributed by atoms with Crippen LogP contribution in [-0.4, -0.2) is 29.1 Å². The van der Waals surface area contributed by atoms with Crippen LogP contribution < -0.4 is 5.32 Å². The SMILES string of the molecule is CCCC1CCN(C(=S)NC2CCCC2)C1. The lowest BCUT2D eigenvalue weighted by molar-refractivity contribution is 0.443. The molecule has 2 aliphatic rings. The zero-order valence-electron chi connectivity index (χ0n) is 10.4.